The summed E-state index contributed by atoms with van der Waals surface area (Å²) in [5.74, 6) is -1.96. The quantitative estimate of drug-likeness (QED) is 0.457. The van der Waals surface area contributed by atoms with Gasteiger partial charge in [-0.15, -0.1) is 0 Å². The van der Waals surface area contributed by atoms with Gasteiger partial charge in [-0.05, 0) is 36.5 Å². The molecule has 2 aromatic carbocycles. The molecular formula is C25H29F3N2O4. The first kappa shape index (κ1) is 24.5. The lowest BCUT2D eigenvalue weighted by Gasteiger charge is -2.20. The van der Waals surface area contributed by atoms with Crippen LogP contribution in [0.15, 0.2) is 36.4 Å². The number of piperidine rings is 1. The molecule has 4 rings (SSSR count). The van der Waals surface area contributed by atoms with Gasteiger partial charge in [-0.2, -0.15) is 0 Å². The molecule has 2 N–H and O–H groups in total. The molecule has 4 atom stereocenters. The maximum atomic E-state index is 13.9. The number of nitrogens with zero attached hydrogens (tertiary/aromatic N) is 1. The van der Waals surface area contributed by atoms with Crippen LogP contribution in [0.2, 0.25) is 0 Å². The summed E-state index contributed by atoms with van der Waals surface area (Å²) in [7, 11) is 0. The van der Waals surface area contributed by atoms with E-state index in [0.717, 1.165) is 30.8 Å². The number of carboxylic acids is 1. The van der Waals surface area contributed by atoms with E-state index in [0.29, 0.717) is 49.8 Å². The molecule has 2 fully saturated rings. The minimum absolute atomic E-state index is 0.0806. The van der Waals surface area contributed by atoms with Gasteiger partial charge in [0.15, 0.2) is 6.10 Å². The second kappa shape index (κ2) is 10.8. The lowest BCUT2D eigenvalue weighted by molar-refractivity contribution is -0.149. The van der Waals surface area contributed by atoms with Gasteiger partial charge in [-0.25, -0.2) is 18.0 Å². The second-order valence-corrected chi connectivity index (χ2v) is 8.83. The number of hydrogen-bond donors (Lipinski definition) is 2. The van der Waals surface area contributed by atoms with Crippen molar-refractivity contribution < 1.29 is 32.5 Å². The Hall–Kier alpha value is -2.62. The highest BCUT2D eigenvalue weighted by atomic mass is 19.1. The fourth-order valence-electron chi connectivity index (χ4n) is 4.74. The van der Waals surface area contributed by atoms with Crippen molar-refractivity contribution in [2.24, 2.45) is 11.8 Å². The third-order valence-electron chi connectivity index (χ3n) is 6.50. The van der Waals surface area contributed by atoms with E-state index in [1.807, 2.05) is 29.2 Å². The van der Waals surface area contributed by atoms with Crippen molar-refractivity contribution in [1.29, 1.82) is 0 Å². The van der Waals surface area contributed by atoms with E-state index in [1.54, 1.807) is 6.92 Å². The van der Waals surface area contributed by atoms with Crippen LogP contribution in [0.5, 0.6) is 5.75 Å². The zero-order valence-corrected chi connectivity index (χ0v) is 19.0. The third kappa shape index (κ3) is 5.89. The molecule has 1 aliphatic carbocycles. The standard InChI is InChI=1S/C25H29F3N2O4/c1-2-33-23(25(31)32)9-15-3-5-17(6-4-15)34-8-7-29-24-18-12-30(13-19(18)24)14-20-21(27)10-16(26)11-22(20)28/h3-6,10-11,18-19,23-24,29H,2,7-9,12-14H2,1H3,(H,31,32)/t18-,19?,23-,24?/m0/s1. The number of halogens is 3. The maximum Gasteiger partial charge on any atom is 0.333 e. The highest BCUT2D eigenvalue weighted by Crippen LogP contribution is 2.45. The van der Waals surface area contributed by atoms with Gasteiger partial charge in [0.1, 0.15) is 29.8 Å². The maximum absolute atomic E-state index is 13.9. The zero-order valence-electron chi connectivity index (χ0n) is 19.0. The number of rotatable bonds is 12. The van der Waals surface area contributed by atoms with Gasteiger partial charge in [0.05, 0.1) is 0 Å². The molecule has 0 bridgehead atoms. The Bertz CT molecular complexity index is 969. The highest BCUT2D eigenvalue weighted by Gasteiger charge is 2.55. The number of carboxylic acid groups (broad SMARTS) is 1. The van der Waals surface area contributed by atoms with Crippen molar-refractivity contribution in [3.8, 4) is 5.75 Å². The lowest BCUT2D eigenvalue weighted by atomic mass is 10.1. The van der Waals surface area contributed by atoms with Gasteiger partial charge in [0.2, 0.25) is 0 Å². The van der Waals surface area contributed by atoms with Crippen LogP contribution in [0.3, 0.4) is 0 Å². The number of hydrogen-bond acceptors (Lipinski definition) is 5. The monoisotopic (exact) mass is 478 g/mol. The number of nitrogens with one attached hydrogen (secondary N) is 1. The van der Waals surface area contributed by atoms with Gasteiger partial charge >= 0.3 is 5.97 Å². The van der Waals surface area contributed by atoms with E-state index in [2.05, 4.69) is 5.32 Å². The van der Waals surface area contributed by atoms with E-state index in [4.69, 9.17) is 9.47 Å². The molecule has 0 spiro atoms. The first-order chi connectivity index (χ1) is 16.4. The van der Waals surface area contributed by atoms with Crippen LogP contribution >= 0.6 is 0 Å². The Morgan fingerprint density at radius 2 is 1.79 bits per heavy atom. The SMILES string of the molecule is CCO[C@@H](Cc1ccc(OCCNC2C3CN(Cc4c(F)cc(F)cc4F)C[C@@H]32)cc1)C(=O)O. The van der Waals surface area contributed by atoms with Crippen LogP contribution in [-0.4, -0.2) is 61.0 Å². The molecule has 184 valence electrons. The molecule has 6 nitrogen and oxygen atoms in total. The Kier molecular flexibility index (Phi) is 7.75. The molecule has 9 heteroatoms. The average Bonchev–Trinajstić information content (AvgIpc) is 3.24. The molecule has 0 aromatic heterocycles. The van der Waals surface area contributed by atoms with Crippen molar-refractivity contribution in [2.75, 3.05) is 32.8 Å². The molecular weight excluding hydrogens is 449 g/mol. The molecule has 2 aromatic rings. The molecule has 2 aliphatic rings. The molecule has 0 amide bonds. The van der Waals surface area contributed by atoms with Gasteiger partial charge < -0.3 is 19.9 Å². The van der Waals surface area contributed by atoms with Crippen molar-refractivity contribution in [3.63, 3.8) is 0 Å². The Morgan fingerprint density at radius 1 is 1.15 bits per heavy atom. The molecule has 1 heterocycles. The van der Waals surface area contributed by atoms with Crippen molar-refractivity contribution in [1.82, 2.24) is 10.2 Å². The Labute approximate surface area is 196 Å². The predicted molar refractivity (Wildman–Crippen MR) is 119 cm³/mol. The topological polar surface area (TPSA) is 71.0 Å². The molecule has 1 saturated carbocycles. The van der Waals surface area contributed by atoms with Crippen LogP contribution in [-0.2, 0) is 22.5 Å². The lowest BCUT2D eigenvalue weighted by Crippen LogP contribution is -2.33. The predicted octanol–water partition coefficient (Wildman–Crippen LogP) is 3.23. The van der Waals surface area contributed by atoms with Crippen molar-refractivity contribution in [2.45, 2.75) is 32.0 Å². The molecule has 1 aliphatic heterocycles. The normalized spacial score (nSPS) is 22.4. The van der Waals surface area contributed by atoms with E-state index in [9.17, 15) is 23.1 Å². The van der Waals surface area contributed by atoms with Crippen molar-refractivity contribution >= 4 is 5.97 Å². The fourth-order valence-corrected chi connectivity index (χ4v) is 4.74. The van der Waals surface area contributed by atoms with E-state index >= 15 is 0 Å². The van der Waals surface area contributed by atoms with E-state index in [1.165, 1.54) is 0 Å². The van der Waals surface area contributed by atoms with Crippen LogP contribution in [0.1, 0.15) is 18.1 Å². The zero-order chi connectivity index (χ0) is 24.2. The van der Waals surface area contributed by atoms with E-state index < -0.39 is 29.5 Å². The summed E-state index contributed by atoms with van der Waals surface area (Å²) in [6.07, 6.45) is -0.559. The third-order valence-corrected chi connectivity index (χ3v) is 6.50. The number of fused-ring (bicyclic) bond motifs is 1. The number of aliphatic carboxylic acids is 1. The first-order valence-electron chi connectivity index (χ1n) is 11.5. The average molecular weight is 479 g/mol. The van der Waals surface area contributed by atoms with Crippen molar-refractivity contribution in [3.05, 3.63) is 65.0 Å². The Morgan fingerprint density at radius 3 is 2.38 bits per heavy atom. The summed E-state index contributed by atoms with van der Waals surface area (Å²) in [5, 5.41) is 12.7. The van der Waals surface area contributed by atoms with Crippen LogP contribution in [0.4, 0.5) is 13.2 Å². The van der Waals surface area contributed by atoms with E-state index in [-0.39, 0.29) is 12.1 Å². The van der Waals surface area contributed by atoms with Crippen LogP contribution in [0, 0.1) is 29.3 Å². The largest absolute Gasteiger partial charge is 0.492 e. The summed E-state index contributed by atoms with van der Waals surface area (Å²) in [5.41, 5.74) is 0.782. The fraction of sp³-hybridized carbons (Fsp3) is 0.480. The summed E-state index contributed by atoms with van der Waals surface area (Å²) in [6, 6.07) is 9.13. The molecule has 0 radical (unpaired) electrons. The number of carbonyl (C=O) groups is 1. The number of ether oxygens (including phenoxy) is 2. The minimum atomic E-state index is -0.976. The van der Waals surface area contributed by atoms with Gasteiger partial charge in [0, 0.05) is 62.9 Å². The smallest absolute Gasteiger partial charge is 0.333 e. The first-order valence-corrected chi connectivity index (χ1v) is 11.5. The van der Waals surface area contributed by atoms with Crippen LogP contribution < -0.4 is 10.1 Å². The van der Waals surface area contributed by atoms with Gasteiger partial charge in [0.25, 0.3) is 0 Å². The Balaban J connectivity index is 1.14. The minimum Gasteiger partial charge on any atom is -0.492 e. The summed E-state index contributed by atoms with van der Waals surface area (Å²) in [4.78, 5) is 13.2. The van der Waals surface area contributed by atoms with Gasteiger partial charge in [-0.3, -0.25) is 4.90 Å². The number of benzene rings is 2. The summed E-state index contributed by atoms with van der Waals surface area (Å²) in [6.45, 7) is 4.92. The highest BCUT2D eigenvalue weighted by molar-refractivity contribution is 5.72. The molecule has 2 unspecified atom stereocenters. The second-order valence-electron chi connectivity index (χ2n) is 8.83. The van der Waals surface area contributed by atoms with Crippen LogP contribution in [0.25, 0.3) is 0 Å². The molecule has 1 saturated heterocycles. The van der Waals surface area contributed by atoms with Gasteiger partial charge in [-0.1, -0.05) is 12.1 Å². The summed E-state index contributed by atoms with van der Waals surface area (Å²) >= 11 is 0. The molecule has 34 heavy (non-hydrogen) atoms. The number of likely N-dealkylation sites (tertiary alicyclic amines) is 1. The summed E-state index contributed by atoms with van der Waals surface area (Å²) < 4.78 is 51.8.